The van der Waals surface area contributed by atoms with Crippen molar-refractivity contribution in [3.63, 3.8) is 0 Å². The van der Waals surface area contributed by atoms with E-state index in [4.69, 9.17) is 25.8 Å². The van der Waals surface area contributed by atoms with Gasteiger partial charge in [0.15, 0.2) is 11.6 Å². The van der Waals surface area contributed by atoms with Crippen LogP contribution < -0.4 is 20.1 Å². The Bertz CT molecular complexity index is 1330. The predicted octanol–water partition coefficient (Wildman–Crippen LogP) is 4.94. The van der Waals surface area contributed by atoms with Gasteiger partial charge in [0.05, 0.1) is 23.8 Å². The molecule has 36 heavy (non-hydrogen) atoms. The van der Waals surface area contributed by atoms with Gasteiger partial charge in [-0.25, -0.2) is 13.6 Å². The summed E-state index contributed by atoms with van der Waals surface area (Å²) in [4.78, 5) is 18.0. The van der Waals surface area contributed by atoms with E-state index in [-0.39, 0.29) is 17.2 Å². The van der Waals surface area contributed by atoms with Gasteiger partial charge in [-0.3, -0.25) is 4.57 Å². The fraction of sp³-hybridized carbons (Fsp3) is 0.304. The van der Waals surface area contributed by atoms with E-state index >= 15 is 0 Å². The summed E-state index contributed by atoms with van der Waals surface area (Å²) in [6.45, 7) is 1.51. The molecule has 7 nitrogen and oxygen atoms in total. The minimum atomic E-state index is -4.77. The molecule has 192 valence electrons. The molecule has 0 N–H and O–H groups in total. The van der Waals surface area contributed by atoms with Crippen LogP contribution in [0.15, 0.2) is 41.2 Å². The van der Waals surface area contributed by atoms with Crippen LogP contribution in [0.2, 0.25) is 5.02 Å². The van der Waals surface area contributed by atoms with E-state index in [0.29, 0.717) is 44.3 Å². The molecule has 1 aliphatic heterocycles. The highest BCUT2D eigenvalue weighted by Crippen LogP contribution is 2.39. The molecule has 4 rings (SSSR count). The van der Waals surface area contributed by atoms with Crippen LogP contribution >= 0.6 is 11.6 Å². The van der Waals surface area contributed by atoms with Crippen LogP contribution in [0.25, 0.3) is 0 Å². The zero-order valence-corrected chi connectivity index (χ0v) is 19.5. The first kappa shape index (κ1) is 25.7. The predicted molar refractivity (Wildman–Crippen MR) is 120 cm³/mol. The SMILES string of the molecule is Cn1c(N2CCOCC2)cc(OCc2cc(F)cc(F)c2Oc2ccc(Cl)c(C(F)(F)F)c2)nc1=O. The highest BCUT2D eigenvalue weighted by molar-refractivity contribution is 6.31. The monoisotopic (exact) mass is 531 g/mol. The number of hydrogen-bond donors (Lipinski definition) is 0. The van der Waals surface area contributed by atoms with Gasteiger partial charge in [0.2, 0.25) is 5.88 Å². The van der Waals surface area contributed by atoms with Crippen molar-refractivity contribution < 1.29 is 36.2 Å². The van der Waals surface area contributed by atoms with E-state index in [1.54, 1.807) is 7.05 Å². The number of benzene rings is 2. The average Bonchev–Trinajstić information content (AvgIpc) is 2.82. The lowest BCUT2D eigenvalue weighted by Gasteiger charge is -2.30. The Balaban J connectivity index is 1.61. The van der Waals surface area contributed by atoms with Crippen LogP contribution in [0, 0.1) is 11.6 Å². The second-order valence-electron chi connectivity index (χ2n) is 7.80. The van der Waals surface area contributed by atoms with Crippen LogP contribution in [-0.4, -0.2) is 35.9 Å². The zero-order chi connectivity index (χ0) is 26.0. The van der Waals surface area contributed by atoms with Gasteiger partial charge in [-0.2, -0.15) is 18.2 Å². The lowest BCUT2D eigenvalue weighted by molar-refractivity contribution is -0.137. The van der Waals surface area contributed by atoms with E-state index in [2.05, 4.69) is 4.98 Å². The molecule has 3 aromatic rings. The smallest absolute Gasteiger partial charge is 0.417 e. The Morgan fingerprint density at radius 1 is 1.11 bits per heavy atom. The molecule has 2 heterocycles. The van der Waals surface area contributed by atoms with Gasteiger partial charge in [0.1, 0.15) is 24.0 Å². The molecule has 2 aromatic carbocycles. The zero-order valence-electron chi connectivity index (χ0n) is 18.7. The van der Waals surface area contributed by atoms with Crippen molar-refractivity contribution in [2.45, 2.75) is 12.8 Å². The Morgan fingerprint density at radius 3 is 2.53 bits per heavy atom. The molecule has 0 bridgehead atoms. The molecule has 1 aromatic heterocycles. The normalized spacial score (nSPS) is 14.1. The molecule has 0 radical (unpaired) electrons. The molecule has 1 saturated heterocycles. The van der Waals surface area contributed by atoms with Gasteiger partial charge < -0.3 is 19.1 Å². The topological polar surface area (TPSA) is 65.8 Å². The summed E-state index contributed by atoms with van der Waals surface area (Å²) in [5.74, 6) is -2.65. The van der Waals surface area contributed by atoms with Crippen molar-refractivity contribution in [3.05, 3.63) is 74.7 Å². The molecule has 0 amide bonds. The number of alkyl halides is 3. The minimum Gasteiger partial charge on any atom is -0.472 e. The number of rotatable bonds is 6. The van der Waals surface area contributed by atoms with Gasteiger partial charge in [-0.1, -0.05) is 11.6 Å². The first-order chi connectivity index (χ1) is 17.0. The number of hydrogen-bond acceptors (Lipinski definition) is 6. The highest BCUT2D eigenvalue weighted by Gasteiger charge is 2.33. The number of nitrogens with zero attached hydrogens (tertiary/aromatic N) is 3. The third-order valence-corrected chi connectivity index (χ3v) is 5.68. The number of morpholine rings is 1. The summed E-state index contributed by atoms with van der Waals surface area (Å²) >= 11 is 5.61. The van der Waals surface area contributed by atoms with Crippen LogP contribution in [-0.2, 0) is 24.6 Å². The van der Waals surface area contributed by atoms with Crippen LogP contribution in [0.1, 0.15) is 11.1 Å². The molecule has 0 unspecified atom stereocenters. The molecule has 13 heteroatoms. The van der Waals surface area contributed by atoms with Crippen molar-refractivity contribution in [3.8, 4) is 17.4 Å². The Morgan fingerprint density at radius 2 is 1.83 bits per heavy atom. The Kier molecular flexibility index (Phi) is 7.36. The van der Waals surface area contributed by atoms with Crippen molar-refractivity contribution in [1.82, 2.24) is 9.55 Å². The molecular formula is C23H19ClF5N3O4. The average molecular weight is 532 g/mol. The Labute approximate surface area is 206 Å². The van der Waals surface area contributed by atoms with E-state index in [9.17, 15) is 26.7 Å². The first-order valence-electron chi connectivity index (χ1n) is 10.6. The largest absolute Gasteiger partial charge is 0.472 e. The summed E-state index contributed by atoms with van der Waals surface area (Å²) in [5.41, 5.74) is -1.95. The summed E-state index contributed by atoms with van der Waals surface area (Å²) in [6, 6.07) is 5.59. The van der Waals surface area contributed by atoms with E-state index < -0.39 is 46.4 Å². The standard InChI is InChI=1S/C23H19ClF5N3O4/c1-31-20(32-4-6-34-7-5-32)11-19(30-22(31)33)35-12-13-8-14(25)9-18(26)21(13)36-15-2-3-17(24)16(10-15)23(27,28)29/h2-3,8-11H,4-7,12H2,1H3. The van der Waals surface area contributed by atoms with Crippen molar-refractivity contribution in [2.24, 2.45) is 7.05 Å². The van der Waals surface area contributed by atoms with E-state index in [1.807, 2.05) is 4.90 Å². The summed E-state index contributed by atoms with van der Waals surface area (Å²) in [5, 5.41) is -0.564. The van der Waals surface area contributed by atoms with Gasteiger partial charge in [-0.15, -0.1) is 0 Å². The maximum atomic E-state index is 14.6. The second kappa shape index (κ2) is 10.3. The first-order valence-corrected chi connectivity index (χ1v) is 11.0. The fourth-order valence-corrected chi connectivity index (χ4v) is 3.79. The molecule has 0 atom stereocenters. The number of aromatic nitrogens is 2. The lowest BCUT2D eigenvalue weighted by Crippen LogP contribution is -2.39. The number of halogens is 6. The van der Waals surface area contributed by atoms with Crippen molar-refractivity contribution >= 4 is 17.4 Å². The number of anilines is 1. The second-order valence-corrected chi connectivity index (χ2v) is 8.21. The third-order valence-electron chi connectivity index (χ3n) is 5.35. The quantitative estimate of drug-likeness (QED) is 0.420. The van der Waals surface area contributed by atoms with E-state index in [0.717, 1.165) is 18.2 Å². The van der Waals surface area contributed by atoms with Gasteiger partial charge in [0, 0.05) is 37.8 Å². The van der Waals surface area contributed by atoms with Crippen LogP contribution in [0.3, 0.4) is 0 Å². The summed E-state index contributed by atoms with van der Waals surface area (Å²) < 4.78 is 85.7. The van der Waals surface area contributed by atoms with E-state index in [1.165, 1.54) is 10.6 Å². The molecule has 0 spiro atoms. The summed E-state index contributed by atoms with van der Waals surface area (Å²) in [6.07, 6.45) is -4.77. The molecule has 1 fully saturated rings. The molecule has 0 saturated carbocycles. The Hall–Kier alpha value is -3.38. The maximum Gasteiger partial charge on any atom is 0.417 e. The molecular weight excluding hydrogens is 513 g/mol. The third kappa shape index (κ3) is 5.71. The highest BCUT2D eigenvalue weighted by atomic mass is 35.5. The van der Waals surface area contributed by atoms with Gasteiger partial charge >= 0.3 is 11.9 Å². The van der Waals surface area contributed by atoms with Crippen molar-refractivity contribution in [2.75, 3.05) is 31.2 Å². The van der Waals surface area contributed by atoms with Crippen LogP contribution in [0.4, 0.5) is 27.8 Å². The molecule has 0 aliphatic carbocycles. The van der Waals surface area contributed by atoms with Crippen molar-refractivity contribution in [1.29, 1.82) is 0 Å². The molecule has 1 aliphatic rings. The lowest BCUT2D eigenvalue weighted by atomic mass is 10.1. The van der Waals surface area contributed by atoms with Crippen LogP contribution in [0.5, 0.6) is 17.4 Å². The number of ether oxygens (including phenoxy) is 3. The van der Waals surface area contributed by atoms with Gasteiger partial charge in [0.25, 0.3) is 0 Å². The summed E-state index contributed by atoms with van der Waals surface area (Å²) in [7, 11) is 1.54. The minimum absolute atomic E-state index is 0.110. The van der Waals surface area contributed by atoms with Gasteiger partial charge in [-0.05, 0) is 24.3 Å². The fourth-order valence-electron chi connectivity index (χ4n) is 3.57. The maximum absolute atomic E-state index is 14.6.